The lowest BCUT2D eigenvalue weighted by molar-refractivity contribution is -0.147. The third-order valence-corrected chi connectivity index (χ3v) is 5.75. The second kappa shape index (κ2) is 8.13. The zero-order valence-corrected chi connectivity index (χ0v) is 14.4. The minimum atomic E-state index is -1.08. The Kier molecular flexibility index (Phi) is 6.47. The topological polar surface area (TPSA) is 66.4 Å². The van der Waals surface area contributed by atoms with Crippen LogP contribution in [0.25, 0.3) is 0 Å². The summed E-state index contributed by atoms with van der Waals surface area (Å²) < 4.78 is 0. The molecule has 7 heteroatoms. The molecule has 2 rings (SSSR count). The fourth-order valence-corrected chi connectivity index (χ4v) is 4.48. The van der Waals surface area contributed by atoms with Gasteiger partial charge in [-0.15, -0.1) is 11.8 Å². The van der Waals surface area contributed by atoms with Crippen molar-refractivity contribution in [3.8, 4) is 0 Å². The van der Waals surface area contributed by atoms with Crippen molar-refractivity contribution in [2.45, 2.75) is 24.1 Å². The number of carboxylic acid groups (broad SMARTS) is 1. The van der Waals surface area contributed by atoms with Crippen molar-refractivity contribution in [1.82, 2.24) is 5.32 Å². The Morgan fingerprint density at radius 1 is 1.36 bits per heavy atom. The number of halogens is 1. The number of thioether (sulfide) groups is 2. The molecule has 1 aromatic carbocycles. The van der Waals surface area contributed by atoms with Crippen LogP contribution >= 0.6 is 35.1 Å². The van der Waals surface area contributed by atoms with Gasteiger partial charge in [0.15, 0.2) is 0 Å². The van der Waals surface area contributed by atoms with Crippen molar-refractivity contribution in [3.63, 3.8) is 0 Å². The van der Waals surface area contributed by atoms with Crippen molar-refractivity contribution in [2.24, 2.45) is 0 Å². The molecule has 1 heterocycles. The van der Waals surface area contributed by atoms with Gasteiger partial charge in [-0.1, -0.05) is 23.7 Å². The molecule has 1 amide bonds. The lowest BCUT2D eigenvalue weighted by Gasteiger charge is -2.33. The summed E-state index contributed by atoms with van der Waals surface area (Å²) in [4.78, 5) is 23.5. The first-order valence-corrected chi connectivity index (χ1v) is 9.65. The van der Waals surface area contributed by atoms with Crippen LogP contribution in [-0.4, -0.2) is 39.8 Å². The second-order valence-electron chi connectivity index (χ2n) is 5.17. The molecule has 0 saturated carbocycles. The summed E-state index contributed by atoms with van der Waals surface area (Å²) in [6, 6.07) is 7.50. The number of hydrogen-bond donors (Lipinski definition) is 2. The van der Waals surface area contributed by atoms with Gasteiger partial charge in [0.2, 0.25) is 5.91 Å². The van der Waals surface area contributed by atoms with Crippen LogP contribution in [-0.2, 0) is 15.3 Å². The molecule has 1 aromatic rings. The molecule has 0 radical (unpaired) electrons. The normalized spacial score (nSPS) is 17.0. The molecule has 0 spiro atoms. The van der Waals surface area contributed by atoms with Gasteiger partial charge in [-0.2, -0.15) is 11.8 Å². The number of hydrogen-bond acceptors (Lipinski definition) is 4. The molecule has 0 atom stereocenters. The molecular formula is C15H18ClNO3S2. The number of benzene rings is 1. The van der Waals surface area contributed by atoms with Gasteiger partial charge in [-0.3, -0.25) is 4.79 Å². The number of amides is 1. The highest BCUT2D eigenvalue weighted by Crippen LogP contribution is 2.27. The third-order valence-electron chi connectivity index (χ3n) is 3.53. The molecule has 1 fully saturated rings. The number of aliphatic carboxylic acids is 1. The fraction of sp³-hybridized carbons (Fsp3) is 0.467. The summed E-state index contributed by atoms with van der Waals surface area (Å²) in [5.74, 6) is 1.30. The first-order chi connectivity index (χ1) is 10.5. The molecule has 0 aromatic heterocycles. The Morgan fingerprint density at radius 2 is 2.09 bits per heavy atom. The van der Waals surface area contributed by atoms with E-state index in [2.05, 4.69) is 5.32 Å². The number of carbonyl (C=O) groups excluding carboxylic acids is 1. The van der Waals surface area contributed by atoms with Gasteiger partial charge in [0.1, 0.15) is 5.54 Å². The van der Waals surface area contributed by atoms with Crippen LogP contribution in [0, 0.1) is 0 Å². The van der Waals surface area contributed by atoms with Crippen LogP contribution in [0.15, 0.2) is 24.3 Å². The number of carboxylic acids is 1. The van der Waals surface area contributed by atoms with Crippen LogP contribution in [0.1, 0.15) is 18.4 Å². The highest BCUT2D eigenvalue weighted by atomic mass is 35.5. The van der Waals surface area contributed by atoms with Crippen LogP contribution in [0.5, 0.6) is 0 Å². The Labute approximate surface area is 143 Å². The van der Waals surface area contributed by atoms with Gasteiger partial charge < -0.3 is 10.4 Å². The number of rotatable bonds is 6. The summed E-state index contributed by atoms with van der Waals surface area (Å²) in [6.45, 7) is 0. The Morgan fingerprint density at radius 3 is 2.73 bits per heavy atom. The van der Waals surface area contributed by atoms with Gasteiger partial charge in [0.05, 0.1) is 5.75 Å². The predicted octanol–water partition coefficient (Wildman–Crippen LogP) is 3.04. The van der Waals surface area contributed by atoms with Gasteiger partial charge in [0, 0.05) is 10.8 Å². The van der Waals surface area contributed by atoms with Gasteiger partial charge in [0.25, 0.3) is 0 Å². The zero-order chi connectivity index (χ0) is 16.0. The van der Waals surface area contributed by atoms with E-state index in [9.17, 15) is 14.7 Å². The van der Waals surface area contributed by atoms with E-state index in [-0.39, 0.29) is 11.7 Å². The average molecular weight is 360 g/mol. The molecule has 2 N–H and O–H groups in total. The van der Waals surface area contributed by atoms with Crippen LogP contribution in [0.2, 0.25) is 5.02 Å². The molecule has 0 unspecified atom stereocenters. The molecule has 0 aliphatic carbocycles. The standard InChI is InChI=1S/C15H18ClNO3S2/c16-12-3-1-2-11(8-12)9-22-10-13(18)17-15(14(19)20)4-6-21-7-5-15/h1-3,8H,4-7,9-10H2,(H,17,18)(H,19,20). The average Bonchev–Trinajstić information content (AvgIpc) is 2.48. The van der Waals surface area contributed by atoms with Crippen molar-refractivity contribution in [3.05, 3.63) is 34.9 Å². The van der Waals surface area contributed by atoms with E-state index in [4.69, 9.17) is 11.6 Å². The van der Waals surface area contributed by atoms with E-state index >= 15 is 0 Å². The van der Waals surface area contributed by atoms with Crippen LogP contribution in [0.3, 0.4) is 0 Å². The molecule has 0 bridgehead atoms. The maximum Gasteiger partial charge on any atom is 0.329 e. The van der Waals surface area contributed by atoms with Crippen molar-refractivity contribution in [2.75, 3.05) is 17.3 Å². The van der Waals surface area contributed by atoms with E-state index in [0.29, 0.717) is 23.6 Å². The highest BCUT2D eigenvalue weighted by Gasteiger charge is 2.41. The lowest BCUT2D eigenvalue weighted by atomic mass is 9.92. The largest absolute Gasteiger partial charge is 0.480 e. The van der Waals surface area contributed by atoms with E-state index in [1.165, 1.54) is 11.8 Å². The quantitative estimate of drug-likeness (QED) is 0.817. The molecule has 1 aliphatic rings. The Bertz CT molecular complexity index is 547. The summed E-state index contributed by atoms with van der Waals surface area (Å²) in [5, 5.41) is 12.8. The van der Waals surface area contributed by atoms with Gasteiger partial charge in [-0.05, 0) is 42.0 Å². The fourth-order valence-electron chi connectivity index (χ4n) is 2.30. The van der Waals surface area contributed by atoms with Crippen LogP contribution < -0.4 is 5.32 Å². The Hall–Kier alpha value is -0.850. The highest BCUT2D eigenvalue weighted by molar-refractivity contribution is 7.99. The molecule has 4 nitrogen and oxygen atoms in total. The monoisotopic (exact) mass is 359 g/mol. The maximum atomic E-state index is 12.0. The summed E-state index contributed by atoms with van der Waals surface area (Å²) in [5.41, 5.74) is -0.0359. The molecule has 120 valence electrons. The minimum absolute atomic E-state index is 0.221. The number of nitrogens with one attached hydrogen (secondary N) is 1. The lowest BCUT2D eigenvalue weighted by Crippen LogP contribution is -2.57. The minimum Gasteiger partial charge on any atom is -0.480 e. The van der Waals surface area contributed by atoms with E-state index in [1.807, 2.05) is 18.2 Å². The number of carbonyl (C=O) groups is 2. The zero-order valence-electron chi connectivity index (χ0n) is 12.0. The predicted molar refractivity (Wildman–Crippen MR) is 92.7 cm³/mol. The van der Waals surface area contributed by atoms with Crippen molar-refractivity contribution in [1.29, 1.82) is 0 Å². The summed E-state index contributed by atoms with van der Waals surface area (Å²) in [6.07, 6.45) is 0.968. The molecule has 1 saturated heterocycles. The van der Waals surface area contributed by atoms with Crippen molar-refractivity contribution < 1.29 is 14.7 Å². The summed E-state index contributed by atoms with van der Waals surface area (Å²) >= 11 is 9.09. The third kappa shape index (κ3) is 4.83. The molecule has 22 heavy (non-hydrogen) atoms. The van der Waals surface area contributed by atoms with E-state index in [1.54, 1.807) is 17.8 Å². The second-order valence-corrected chi connectivity index (χ2v) is 7.82. The molecule has 1 aliphatic heterocycles. The SMILES string of the molecule is O=C(CSCc1cccc(Cl)c1)NC1(C(=O)O)CCSCC1. The van der Waals surface area contributed by atoms with Crippen molar-refractivity contribution >= 4 is 47.0 Å². The molecular weight excluding hydrogens is 342 g/mol. The van der Waals surface area contributed by atoms with E-state index in [0.717, 1.165) is 17.1 Å². The first-order valence-electron chi connectivity index (χ1n) is 6.96. The Balaban J connectivity index is 1.83. The van der Waals surface area contributed by atoms with Gasteiger partial charge >= 0.3 is 5.97 Å². The van der Waals surface area contributed by atoms with Crippen LogP contribution in [0.4, 0.5) is 0 Å². The summed E-state index contributed by atoms with van der Waals surface area (Å²) in [7, 11) is 0. The van der Waals surface area contributed by atoms with Gasteiger partial charge in [-0.25, -0.2) is 4.79 Å². The maximum absolute atomic E-state index is 12.0. The first kappa shape index (κ1) is 17.5. The smallest absolute Gasteiger partial charge is 0.329 e. The van der Waals surface area contributed by atoms with E-state index < -0.39 is 11.5 Å².